The first-order chi connectivity index (χ1) is 14.2. The SMILES string of the molecule is CC(C)(CO)CCCC1CCCC(/C=C\C2CCCC(CCCC(C)(C)CO)S2)S1. The number of thioether (sulfide) groups is 2. The average Bonchev–Trinajstić information content (AvgIpc) is 2.73. The van der Waals surface area contributed by atoms with Gasteiger partial charge in [0.25, 0.3) is 0 Å². The first-order valence-corrected chi connectivity index (χ1v) is 14.3. The summed E-state index contributed by atoms with van der Waals surface area (Å²) in [4.78, 5) is 0. The summed E-state index contributed by atoms with van der Waals surface area (Å²) in [5.41, 5.74) is 0.169. The Morgan fingerprint density at radius 1 is 0.700 bits per heavy atom. The van der Waals surface area contributed by atoms with E-state index in [0.717, 1.165) is 23.3 Å². The van der Waals surface area contributed by atoms with Crippen LogP contribution in [0.25, 0.3) is 0 Å². The average molecular weight is 457 g/mol. The van der Waals surface area contributed by atoms with Crippen LogP contribution in [0.3, 0.4) is 0 Å². The number of aliphatic hydroxyl groups is 2. The zero-order valence-corrected chi connectivity index (χ0v) is 21.7. The van der Waals surface area contributed by atoms with Crippen LogP contribution in [0, 0.1) is 10.8 Å². The standard InChI is InChI=1S/C26H48O2S2/c1-25(2,19-27)17-7-13-21-9-5-11-23(29-21)15-16-24-12-6-10-22(30-24)14-8-18-26(3,4)20-28/h15-16,21-24,27-28H,5-14,17-20H2,1-4H3/b16-15-. The Balaban J connectivity index is 1.70. The molecule has 0 radical (unpaired) electrons. The predicted molar refractivity (Wildman–Crippen MR) is 137 cm³/mol. The number of rotatable bonds is 12. The Morgan fingerprint density at radius 2 is 1.10 bits per heavy atom. The van der Waals surface area contributed by atoms with E-state index in [4.69, 9.17) is 0 Å². The van der Waals surface area contributed by atoms with E-state index in [1.165, 1.54) is 64.2 Å². The van der Waals surface area contributed by atoms with Crippen LogP contribution < -0.4 is 0 Å². The van der Waals surface area contributed by atoms with Crippen molar-refractivity contribution in [1.29, 1.82) is 0 Å². The zero-order valence-electron chi connectivity index (χ0n) is 20.1. The van der Waals surface area contributed by atoms with E-state index in [1.54, 1.807) is 0 Å². The minimum absolute atomic E-state index is 0.0846. The first-order valence-electron chi connectivity index (χ1n) is 12.4. The van der Waals surface area contributed by atoms with Gasteiger partial charge in [0.05, 0.1) is 0 Å². The van der Waals surface area contributed by atoms with Gasteiger partial charge in [-0.15, -0.1) is 0 Å². The fourth-order valence-electron chi connectivity index (χ4n) is 4.59. The molecular weight excluding hydrogens is 408 g/mol. The highest BCUT2D eigenvalue weighted by Crippen LogP contribution is 2.39. The molecule has 0 aliphatic carbocycles. The lowest BCUT2D eigenvalue weighted by molar-refractivity contribution is 0.147. The summed E-state index contributed by atoms with van der Waals surface area (Å²) < 4.78 is 0. The van der Waals surface area contributed by atoms with Gasteiger partial charge in [-0.1, -0.05) is 65.5 Å². The molecule has 0 aromatic carbocycles. The van der Waals surface area contributed by atoms with Crippen LogP contribution in [0.15, 0.2) is 12.2 Å². The van der Waals surface area contributed by atoms with Crippen LogP contribution in [0.1, 0.15) is 105 Å². The van der Waals surface area contributed by atoms with Crippen LogP contribution >= 0.6 is 23.5 Å². The van der Waals surface area contributed by atoms with Gasteiger partial charge < -0.3 is 10.2 Å². The molecule has 2 saturated heterocycles. The van der Waals surface area contributed by atoms with Crippen molar-refractivity contribution < 1.29 is 10.2 Å². The van der Waals surface area contributed by atoms with Crippen molar-refractivity contribution in [3.8, 4) is 0 Å². The van der Waals surface area contributed by atoms with Crippen molar-refractivity contribution in [2.45, 2.75) is 126 Å². The van der Waals surface area contributed by atoms with Crippen LogP contribution in [0.5, 0.6) is 0 Å². The van der Waals surface area contributed by atoms with Crippen molar-refractivity contribution >= 4 is 23.5 Å². The van der Waals surface area contributed by atoms with Crippen molar-refractivity contribution in [2.24, 2.45) is 10.8 Å². The molecule has 30 heavy (non-hydrogen) atoms. The number of aliphatic hydroxyl groups excluding tert-OH is 2. The van der Waals surface area contributed by atoms with Gasteiger partial charge in [-0.2, -0.15) is 23.5 Å². The lowest BCUT2D eigenvalue weighted by Gasteiger charge is -2.30. The summed E-state index contributed by atoms with van der Waals surface area (Å²) in [6, 6.07) is 0. The lowest BCUT2D eigenvalue weighted by atomic mass is 9.87. The highest BCUT2D eigenvalue weighted by molar-refractivity contribution is 8.01. The highest BCUT2D eigenvalue weighted by Gasteiger charge is 2.25. The summed E-state index contributed by atoms with van der Waals surface area (Å²) in [6.07, 6.45) is 20.6. The molecule has 0 bridgehead atoms. The summed E-state index contributed by atoms with van der Waals surface area (Å²) in [7, 11) is 0. The van der Waals surface area contributed by atoms with Crippen molar-refractivity contribution in [2.75, 3.05) is 13.2 Å². The molecule has 0 aromatic rings. The summed E-state index contributed by atoms with van der Waals surface area (Å²) >= 11 is 4.43. The molecule has 4 atom stereocenters. The number of hydrogen-bond acceptors (Lipinski definition) is 4. The normalized spacial score (nSPS) is 28.9. The van der Waals surface area contributed by atoms with E-state index in [-0.39, 0.29) is 10.8 Å². The van der Waals surface area contributed by atoms with E-state index in [1.807, 2.05) is 0 Å². The van der Waals surface area contributed by atoms with E-state index >= 15 is 0 Å². The van der Waals surface area contributed by atoms with Crippen molar-refractivity contribution in [3.63, 3.8) is 0 Å². The molecular formula is C26H48O2S2. The Bertz CT molecular complexity index is 459. The molecule has 2 N–H and O–H groups in total. The van der Waals surface area contributed by atoms with Gasteiger partial charge >= 0.3 is 0 Å². The molecule has 176 valence electrons. The summed E-state index contributed by atoms with van der Waals surface area (Å²) in [5.74, 6) is 0. The molecule has 2 fully saturated rings. The Kier molecular flexibility index (Phi) is 11.7. The predicted octanol–water partition coefficient (Wildman–Crippen LogP) is 7.23. The van der Waals surface area contributed by atoms with E-state index < -0.39 is 0 Å². The Labute approximate surface area is 195 Å². The topological polar surface area (TPSA) is 40.5 Å². The Morgan fingerprint density at radius 3 is 1.47 bits per heavy atom. The maximum Gasteiger partial charge on any atom is 0.0482 e. The smallest absolute Gasteiger partial charge is 0.0482 e. The zero-order chi connectivity index (χ0) is 22.0. The molecule has 2 aliphatic heterocycles. The second-order valence-corrected chi connectivity index (χ2v) is 14.4. The minimum atomic E-state index is 0.0846. The van der Waals surface area contributed by atoms with Crippen LogP contribution in [0.4, 0.5) is 0 Å². The van der Waals surface area contributed by atoms with Crippen LogP contribution in [0.2, 0.25) is 0 Å². The van der Waals surface area contributed by atoms with Crippen molar-refractivity contribution in [3.05, 3.63) is 12.2 Å². The molecule has 4 heteroatoms. The molecule has 2 nitrogen and oxygen atoms in total. The van der Waals surface area contributed by atoms with Gasteiger partial charge in [-0.3, -0.25) is 0 Å². The maximum atomic E-state index is 9.45. The number of hydrogen-bond donors (Lipinski definition) is 2. The van der Waals surface area contributed by atoms with Gasteiger partial charge in [0.1, 0.15) is 0 Å². The van der Waals surface area contributed by atoms with Gasteiger partial charge in [0.2, 0.25) is 0 Å². The van der Waals surface area contributed by atoms with E-state index in [2.05, 4.69) is 63.4 Å². The molecule has 2 aliphatic rings. The van der Waals surface area contributed by atoms with Gasteiger partial charge in [-0.05, 0) is 62.2 Å². The summed E-state index contributed by atoms with van der Waals surface area (Å²) in [6.45, 7) is 9.31. The van der Waals surface area contributed by atoms with Crippen molar-refractivity contribution in [1.82, 2.24) is 0 Å². The largest absolute Gasteiger partial charge is 0.396 e. The molecule has 4 unspecified atom stereocenters. The fraction of sp³-hybridized carbons (Fsp3) is 0.923. The first kappa shape index (κ1) is 26.6. The minimum Gasteiger partial charge on any atom is -0.396 e. The lowest BCUT2D eigenvalue weighted by Crippen LogP contribution is -2.20. The summed E-state index contributed by atoms with van der Waals surface area (Å²) in [5, 5.41) is 21.9. The maximum absolute atomic E-state index is 9.45. The van der Waals surface area contributed by atoms with Crippen LogP contribution in [-0.2, 0) is 0 Å². The van der Waals surface area contributed by atoms with Gasteiger partial charge in [0.15, 0.2) is 0 Å². The molecule has 0 aromatic heterocycles. The van der Waals surface area contributed by atoms with E-state index in [9.17, 15) is 10.2 Å². The third kappa shape index (κ3) is 10.3. The fourth-order valence-corrected chi connectivity index (χ4v) is 7.76. The monoisotopic (exact) mass is 456 g/mol. The third-order valence-electron chi connectivity index (χ3n) is 6.92. The second kappa shape index (κ2) is 13.2. The van der Waals surface area contributed by atoms with Gasteiger partial charge in [-0.25, -0.2) is 0 Å². The van der Waals surface area contributed by atoms with Crippen LogP contribution in [-0.4, -0.2) is 44.4 Å². The third-order valence-corrected chi connectivity index (χ3v) is 10.1. The molecule has 0 saturated carbocycles. The van der Waals surface area contributed by atoms with Gasteiger partial charge in [0, 0.05) is 34.2 Å². The highest BCUT2D eigenvalue weighted by atomic mass is 32.2. The molecule has 2 rings (SSSR count). The van der Waals surface area contributed by atoms with E-state index in [0.29, 0.717) is 23.7 Å². The molecule has 0 amide bonds. The Hall–Kier alpha value is 0.360. The molecule has 0 spiro atoms. The molecule has 2 heterocycles. The quantitative estimate of drug-likeness (QED) is 0.304. The second-order valence-electron chi connectivity index (χ2n) is 11.3.